The van der Waals surface area contributed by atoms with E-state index >= 15 is 0 Å². The Morgan fingerprint density at radius 1 is 1.29 bits per heavy atom. The lowest BCUT2D eigenvalue weighted by Crippen LogP contribution is -2.14. The van der Waals surface area contributed by atoms with Gasteiger partial charge in [-0.15, -0.1) is 0 Å². The molecule has 110 valence electrons. The van der Waals surface area contributed by atoms with Gasteiger partial charge in [0.2, 0.25) is 0 Å². The van der Waals surface area contributed by atoms with Crippen molar-refractivity contribution in [3.63, 3.8) is 0 Å². The Labute approximate surface area is 133 Å². The molecule has 2 N–H and O–H groups in total. The van der Waals surface area contributed by atoms with E-state index in [1.54, 1.807) is 0 Å². The number of hydrogen-bond donors (Lipinski definition) is 2. The molecule has 0 fully saturated rings. The lowest BCUT2D eigenvalue weighted by atomic mass is 10.2. The van der Waals surface area contributed by atoms with Crippen LogP contribution in [0.25, 0.3) is 0 Å². The van der Waals surface area contributed by atoms with E-state index in [1.807, 2.05) is 0 Å². The highest BCUT2D eigenvalue weighted by Gasteiger charge is 2.18. The Morgan fingerprint density at radius 3 is 2.52 bits per heavy atom. The van der Waals surface area contributed by atoms with E-state index in [2.05, 4.69) is 30.6 Å². The molecule has 1 aromatic heterocycles. The summed E-state index contributed by atoms with van der Waals surface area (Å²) in [5.74, 6) is -1.22. The molecule has 2 rings (SSSR count). The number of halogens is 2. The predicted molar refractivity (Wildman–Crippen MR) is 79.0 cm³/mol. The summed E-state index contributed by atoms with van der Waals surface area (Å²) in [6.07, 6.45) is 2.56. The summed E-state index contributed by atoms with van der Waals surface area (Å²) in [5.41, 5.74) is -0.181. The molecule has 2 aromatic rings. The van der Waals surface area contributed by atoms with Gasteiger partial charge in [0.05, 0.1) is 27.9 Å². The predicted octanol–water partition coefficient (Wildman–Crippen LogP) is 2.39. The van der Waals surface area contributed by atoms with Crippen molar-refractivity contribution in [3.8, 4) is 0 Å². The lowest BCUT2D eigenvalue weighted by molar-refractivity contribution is 0.0697. The van der Waals surface area contributed by atoms with Gasteiger partial charge in [-0.3, -0.25) is 4.72 Å². The minimum Gasteiger partial charge on any atom is -0.478 e. The second kappa shape index (κ2) is 5.96. The number of anilines is 1. The monoisotopic (exact) mass is 391 g/mol. The molecule has 0 amide bonds. The van der Waals surface area contributed by atoms with Crippen LogP contribution in [0.3, 0.4) is 0 Å². The van der Waals surface area contributed by atoms with Gasteiger partial charge in [-0.1, -0.05) is 11.6 Å². The third kappa shape index (κ3) is 3.69. The highest BCUT2D eigenvalue weighted by Crippen LogP contribution is 2.22. The van der Waals surface area contributed by atoms with Gasteiger partial charge in [0, 0.05) is 0 Å². The molecule has 10 heteroatoms. The zero-order chi connectivity index (χ0) is 15.6. The summed E-state index contributed by atoms with van der Waals surface area (Å²) in [4.78, 5) is 18.3. The maximum atomic E-state index is 12.1. The van der Waals surface area contributed by atoms with E-state index in [9.17, 15) is 13.2 Å². The zero-order valence-corrected chi connectivity index (χ0v) is 13.3. The van der Waals surface area contributed by atoms with Crippen molar-refractivity contribution in [1.29, 1.82) is 0 Å². The summed E-state index contributed by atoms with van der Waals surface area (Å²) in [5, 5.41) is 8.67. The Balaban J connectivity index is 2.33. The number of carboxylic acid groups (broad SMARTS) is 1. The van der Waals surface area contributed by atoms with Crippen molar-refractivity contribution < 1.29 is 18.3 Å². The third-order valence-electron chi connectivity index (χ3n) is 2.34. The largest absolute Gasteiger partial charge is 0.478 e. The van der Waals surface area contributed by atoms with E-state index < -0.39 is 16.0 Å². The van der Waals surface area contributed by atoms with Crippen LogP contribution in [0, 0.1) is 0 Å². The number of carboxylic acids is 1. The van der Waals surface area contributed by atoms with E-state index in [4.69, 9.17) is 16.7 Å². The van der Waals surface area contributed by atoms with Crippen molar-refractivity contribution >= 4 is 49.3 Å². The summed E-state index contributed by atoms with van der Waals surface area (Å²) < 4.78 is 26.9. The topological polar surface area (TPSA) is 109 Å². The normalized spacial score (nSPS) is 11.1. The van der Waals surface area contributed by atoms with Crippen molar-refractivity contribution in [3.05, 3.63) is 45.8 Å². The Morgan fingerprint density at radius 2 is 2.00 bits per heavy atom. The number of hydrogen-bond acceptors (Lipinski definition) is 5. The fourth-order valence-electron chi connectivity index (χ4n) is 1.40. The first-order valence-electron chi connectivity index (χ1n) is 5.33. The van der Waals surface area contributed by atoms with Crippen LogP contribution in [-0.2, 0) is 10.0 Å². The highest BCUT2D eigenvalue weighted by molar-refractivity contribution is 9.10. The molecule has 0 spiro atoms. The second-order valence-electron chi connectivity index (χ2n) is 3.78. The summed E-state index contributed by atoms with van der Waals surface area (Å²) >= 11 is 8.82. The van der Waals surface area contributed by atoms with Gasteiger partial charge in [-0.05, 0) is 34.1 Å². The molecule has 0 aliphatic carbocycles. The van der Waals surface area contributed by atoms with Gasteiger partial charge in [0.15, 0.2) is 5.82 Å². The van der Waals surface area contributed by atoms with Gasteiger partial charge in [0.1, 0.15) is 4.60 Å². The quantitative estimate of drug-likeness (QED) is 0.827. The Bertz CT molecular complexity index is 796. The van der Waals surface area contributed by atoms with Crippen LogP contribution >= 0.6 is 27.5 Å². The first kappa shape index (κ1) is 15.7. The number of aromatic nitrogens is 2. The van der Waals surface area contributed by atoms with Crippen LogP contribution in [0.1, 0.15) is 10.4 Å². The number of sulfonamides is 1. The smallest absolute Gasteiger partial charge is 0.337 e. The average molecular weight is 393 g/mol. The summed E-state index contributed by atoms with van der Waals surface area (Å²) in [7, 11) is -3.94. The molecule has 0 aliphatic rings. The molecular weight excluding hydrogens is 386 g/mol. The SMILES string of the molecule is O=C(O)c1ccc(S(=O)(=O)Nc2cnc(Br)cn2)cc1Cl. The van der Waals surface area contributed by atoms with Crippen LogP contribution in [0.5, 0.6) is 0 Å². The molecule has 0 atom stereocenters. The number of benzene rings is 1. The fourth-order valence-corrected chi connectivity index (χ4v) is 2.95. The van der Waals surface area contributed by atoms with E-state index in [1.165, 1.54) is 12.4 Å². The number of nitrogens with zero attached hydrogens (tertiary/aromatic N) is 2. The van der Waals surface area contributed by atoms with Crippen molar-refractivity contribution in [1.82, 2.24) is 9.97 Å². The second-order valence-corrected chi connectivity index (χ2v) is 6.68. The maximum Gasteiger partial charge on any atom is 0.337 e. The molecule has 0 bridgehead atoms. The van der Waals surface area contributed by atoms with Crippen LogP contribution in [-0.4, -0.2) is 29.5 Å². The molecular formula is C11H7BrClN3O4S. The van der Waals surface area contributed by atoms with Crippen molar-refractivity contribution in [2.24, 2.45) is 0 Å². The molecule has 1 heterocycles. The van der Waals surface area contributed by atoms with Crippen molar-refractivity contribution in [2.75, 3.05) is 4.72 Å². The highest BCUT2D eigenvalue weighted by atomic mass is 79.9. The van der Waals surface area contributed by atoms with E-state index in [-0.39, 0.29) is 21.3 Å². The molecule has 7 nitrogen and oxygen atoms in total. The molecule has 21 heavy (non-hydrogen) atoms. The first-order chi connectivity index (χ1) is 9.79. The maximum absolute atomic E-state index is 12.1. The van der Waals surface area contributed by atoms with Crippen molar-refractivity contribution in [2.45, 2.75) is 4.90 Å². The average Bonchev–Trinajstić information content (AvgIpc) is 2.40. The molecule has 0 aliphatic heterocycles. The minimum atomic E-state index is -3.94. The first-order valence-corrected chi connectivity index (χ1v) is 7.98. The molecule has 0 unspecified atom stereocenters. The van der Waals surface area contributed by atoms with Crippen LogP contribution in [0.2, 0.25) is 5.02 Å². The molecule has 0 saturated heterocycles. The molecule has 0 saturated carbocycles. The minimum absolute atomic E-state index is 0.0247. The number of carbonyl (C=O) groups is 1. The number of aromatic carboxylic acids is 1. The van der Waals surface area contributed by atoms with Gasteiger partial charge in [-0.2, -0.15) is 0 Å². The molecule has 0 radical (unpaired) electrons. The molecule has 1 aromatic carbocycles. The number of nitrogens with one attached hydrogen (secondary N) is 1. The lowest BCUT2D eigenvalue weighted by Gasteiger charge is -2.08. The van der Waals surface area contributed by atoms with Gasteiger partial charge < -0.3 is 5.11 Å². The number of rotatable bonds is 4. The van der Waals surface area contributed by atoms with Crippen LogP contribution in [0.4, 0.5) is 5.82 Å². The standard InChI is InChI=1S/C11H7BrClN3O4S/c12-9-4-15-10(5-14-9)16-21(19,20)6-1-2-7(11(17)18)8(13)3-6/h1-5H,(H,15,16)(H,17,18). The van der Waals surface area contributed by atoms with Gasteiger partial charge in [-0.25, -0.2) is 23.2 Å². The van der Waals surface area contributed by atoms with Gasteiger partial charge >= 0.3 is 5.97 Å². The fraction of sp³-hybridized carbons (Fsp3) is 0. The summed E-state index contributed by atoms with van der Waals surface area (Å²) in [6.45, 7) is 0. The van der Waals surface area contributed by atoms with Crippen LogP contribution in [0.15, 0.2) is 40.1 Å². The van der Waals surface area contributed by atoms with E-state index in [0.29, 0.717) is 4.60 Å². The zero-order valence-electron chi connectivity index (χ0n) is 10.1. The van der Waals surface area contributed by atoms with Gasteiger partial charge in [0.25, 0.3) is 10.0 Å². The Hall–Kier alpha value is -1.71. The van der Waals surface area contributed by atoms with E-state index in [0.717, 1.165) is 18.2 Å². The third-order valence-corrected chi connectivity index (χ3v) is 4.42. The summed E-state index contributed by atoms with van der Waals surface area (Å²) in [6, 6.07) is 3.32. The Kier molecular flexibility index (Phi) is 4.45. The van der Waals surface area contributed by atoms with Crippen LogP contribution < -0.4 is 4.72 Å².